The molecule has 0 radical (unpaired) electrons. The van der Waals surface area contributed by atoms with Crippen molar-refractivity contribution in [3.63, 3.8) is 0 Å². The molecule has 0 aromatic carbocycles. The Bertz CT molecular complexity index is 635. The molecule has 3 rings (SSSR count). The average molecular weight is 382 g/mol. The lowest BCUT2D eigenvalue weighted by Crippen LogP contribution is -2.50. The SMILES string of the molecule is CC(C)(C)OC(=O)N1CCN(c2cc(N3CCCCC3)nc(Cl)n2)CC1. The highest BCUT2D eigenvalue weighted by Gasteiger charge is 2.27. The molecule has 144 valence electrons. The molecule has 8 heteroatoms. The van der Waals surface area contributed by atoms with E-state index in [1.807, 2.05) is 26.8 Å². The minimum atomic E-state index is -0.474. The maximum absolute atomic E-state index is 12.2. The van der Waals surface area contributed by atoms with E-state index in [1.165, 1.54) is 19.3 Å². The van der Waals surface area contributed by atoms with E-state index in [0.29, 0.717) is 26.2 Å². The second kappa shape index (κ2) is 7.86. The van der Waals surface area contributed by atoms with Crippen molar-refractivity contribution in [2.45, 2.75) is 45.6 Å². The van der Waals surface area contributed by atoms with Crippen LogP contribution >= 0.6 is 11.6 Å². The van der Waals surface area contributed by atoms with Crippen LogP contribution in [-0.4, -0.2) is 65.8 Å². The van der Waals surface area contributed by atoms with Crippen molar-refractivity contribution in [1.29, 1.82) is 0 Å². The lowest BCUT2D eigenvalue weighted by molar-refractivity contribution is 0.0240. The van der Waals surface area contributed by atoms with Crippen LogP contribution < -0.4 is 9.80 Å². The lowest BCUT2D eigenvalue weighted by Gasteiger charge is -2.36. The number of rotatable bonds is 2. The fourth-order valence-corrected chi connectivity index (χ4v) is 3.46. The second-order valence-electron chi connectivity index (χ2n) is 7.86. The predicted octanol–water partition coefficient (Wildman–Crippen LogP) is 3.18. The zero-order valence-electron chi connectivity index (χ0n) is 15.9. The van der Waals surface area contributed by atoms with Gasteiger partial charge in [-0.1, -0.05) is 0 Å². The van der Waals surface area contributed by atoms with E-state index in [4.69, 9.17) is 16.3 Å². The Kier molecular flexibility index (Phi) is 5.75. The van der Waals surface area contributed by atoms with E-state index in [-0.39, 0.29) is 11.4 Å². The second-order valence-corrected chi connectivity index (χ2v) is 8.19. The molecule has 0 spiro atoms. The molecule has 2 fully saturated rings. The lowest BCUT2D eigenvalue weighted by atomic mass is 10.1. The number of carbonyl (C=O) groups excluding carboxylic acids is 1. The third-order valence-electron chi connectivity index (χ3n) is 4.61. The van der Waals surface area contributed by atoms with Crippen LogP contribution in [0.25, 0.3) is 0 Å². The maximum Gasteiger partial charge on any atom is 0.410 e. The van der Waals surface area contributed by atoms with Crippen molar-refractivity contribution >= 4 is 29.3 Å². The van der Waals surface area contributed by atoms with Gasteiger partial charge in [0.2, 0.25) is 5.28 Å². The number of anilines is 2. The van der Waals surface area contributed by atoms with Crippen molar-refractivity contribution in [3.05, 3.63) is 11.3 Å². The summed E-state index contributed by atoms with van der Waals surface area (Å²) in [5, 5.41) is 0.276. The molecule has 0 unspecified atom stereocenters. The van der Waals surface area contributed by atoms with Gasteiger partial charge in [0.1, 0.15) is 17.2 Å². The summed E-state index contributed by atoms with van der Waals surface area (Å²) in [6.07, 6.45) is 3.39. The van der Waals surface area contributed by atoms with Crippen LogP contribution in [0.15, 0.2) is 6.07 Å². The summed E-state index contributed by atoms with van der Waals surface area (Å²) in [5.74, 6) is 1.73. The number of halogens is 1. The topological polar surface area (TPSA) is 61.8 Å². The van der Waals surface area contributed by atoms with E-state index in [1.54, 1.807) is 4.90 Å². The average Bonchev–Trinajstić information content (AvgIpc) is 2.61. The highest BCUT2D eigenvalue weighted by molar-refractivity contribution is 6.28. The van der Waals surface area contributed by atoms with Crippen LogP contribution in [0.1, 0.15) is 40.0 Å². The Morgan fingerprint density at radius 3 is 2.04 bits per heavy atom. The number of ether oxygens (including phenoxy) is 1. The van der Waals surface area contributed by atoms with Crippen molar-refractivity contribution in [3.8, 4) is 0 Å². The molecule has 26 heavy (non-hydrogen) atoms. The predicted molar refractivity (Wildman–Crippen MR) is 103 cm³/mol. The molecule has 2 aliphatic heterocycles. The summed E-state index contributed by atoms with van der Waals surface area (Å²) in [6, 6.07) is 2.01. The number of amides is 1. The van der Waals surface area contributed by atoms with Gasteiger partial charge in [-0.05, 0) is 51.6 Å². The Morgan fingerprint density at radius 2 is 1.50 bits per heavy atom. The van der Waals surface area contributed by atoms with Gasteiger partial charge in [0, 0.05) is 45.3 Å². The van der Waals surface area contributed by atoms with Gasteiger partial charge >= 0.3 is 6.09 Å². The molecule has 1 aromatic heterocycles. The van der Waals surface area contributed by atoms with E-state index in [9.17, 15) is 4.79 Å². The number of nitrogens with zero attached hydrogens (tertiary/aromatic N) is 5. The van der Waals surface area contributed by atoms with Crippen LogP contribution in [0.3, 0.4) is 0 Å². The third kappa shape index (κ3) is 4.90. The summed E-state index contributed by atoms with van der Waals surface area (Å²) >= 11 is 6.18. The summed E-state index contributed by atoms with van der Waals surface area (Å²) in [5.41, 5.74) is -0.474. The molecule has 2 saturated heterocycles. The maximum atomic E-state index is 12.2. The van der Waals surface area contributed by atoms with E-state index < -0.39 is 5.60 Å². The summed E-state index contributed by atoms with van der Waals surface area (Å²) in [6.45, 7) is 10.3. The van der Waals surface area contributed by atoms with Crippen molar-refractivity contribution in [2.24, 2.45) is 0 Å². The van der Waals surface area contributed by atoms with Gasteiger partial charge in [-0.3, -0.25) is 0 Å². The minimum absolute atomic E-state index is 0.258. The molecule has 2 aliphatic rings. The smallest absolute Gasteiger partial charge is 0.410 e. The van der Waals surface area contributed by atoms with Crippen LogP contribution in [0.5, 0.6) is 0 Å². The number of hydrogen-bond acceptors (Lipinski definition) is 6. The normalized spacial score (nSPS) is 18.8. The molecular weight excluding hydrogens is 354 g/mol. The van der Waals surface area contributed by atoms with Crippen LogP contribution in [-0.2, 0) is 4.74 Å². The Hall–Kier alpha value is -1.76. The number of piperazine rings is 1. The van der Waals surface area contributed by atoms with Gasteiger partial charge in [-0.25, -0.2) is 14.8 Å². The molecule has 0 atom stereocenters. The van der Waals surface area contributed by atoms with Gasteiger partial charge in [0.25, 0.3) is 0 Å². The Balaban J connectivity index is 1.64. The van der Waals surface area contributed by atoms with Gasteiger partial charge in [-0.15, -0.1) is 0 Å². The minimum Gasteiger partial charge on any atom is -0.444 e. The van der Waals surface area contributed by atoms with Gasteiger partial charge in [0.15, 0.2) is 0 Å². The van der Waals surface area contributed by atoms with E-state index in [0.717, 1.165) is 24.7 Å². The zero-order chi connectivity index (χ0) is 18.7. The van der Waals surface area contributed by atoms with Crippen molar-refractivity contribution < 1.29 is 9.53 Å². The summed E-state index contributed by atoms with van der Waals surface area (Å²) in [7, 11) is 0. The molecule has 0 bridgehead atoms. The first-order valence-corrected chi connectivity index (χ1v) is 9.72. The van der Waals surface area contributed by atoms with Gasteiger partial charge in [0.05, 0.1) is 0 Å². The number of carbonyl (C=O) groups is 1. The van der Waals surface area contributed by atoms with Crippen molar-refractivity contribution in [1.82, 2.24) is 14.9 Å². The quantitative estimate of drug-likeness (QED) is 0.733. The fraction of sp³-hybridized carbons (Fsp3) is 0.722. The van der Waals surface area contributed by atoms with Crippen LogP contribution in [0, 0.1) is 0 Å². The molecular formula is C18H28ClN5O2. The number of piperidine rings is 1. The number of aromatic nitrogens is 2. The third-order valence-corrected chi connectivity index (χ3v) is 4.78. The van der Waals surface area contributed by atoms with E-state index in [2.05, 4.69) is 19.8 Å². The van der Waals surface area contributed by atoms with Crippen LogP contribution in [0.2, 0.25) is 5.28 Å². The highest BCUT2D eigenvalue weighted by Crippen LogP contribution is 2.25. The molecule has 3 heterocycles. The Labute approximate surface area is 160 Å². The summed E-state index contributed by atoms with van der Waals surface area (Å²) in [4.78, 5) is 27.2. The largest absolute Gasteiger partial charge is 0.444 e. The Morgan fingerprint density at radius 1 is 0.962 bits per heavy atom. The molecule has 0 saturated carbocycles. The van der Waals surface area contributed by atoms with E-state index >= 15 is 0 Å². The molecule has 1 aromatic rings. The fourth-order valence-electron chi connectivity index (χ4n) is 3.29. The van der Waals surface area contributed by atoms with Gasteiger partial charge < -0.3 is 19.4 Å². The van der Waals surface area contributed by atoms with Crippen LogP contribution in [0.4, 0.5) is 16.4 Å². The number of hydrogen-bond donors (Lipinski definition) is 0. The standard InChI is InChI=1S/C18H28ClN5O2/c1-18(2,3)26-17(25)24-11-9-23(10-12-24)15-13-14(20-16(19)21-15)22-7-5-4-6-8-22/h13H,4-12H2,1-3H3. The first-order valence-electron chi connectivity index (χ1n) is 9.34. The van der Waals surface area contributed by atoms with Gasteiger partial charge in [-0.2, -0.15) is 0 Å². The molecule has 0 N–H and O–H groups in total. The first kappa shape index (κ1) is 19.0. The van der Waals surface area contributed by atoms with Crippen molar-refractivity contribution in [2.75, 3.05) is 49.1 Å². The summed E-state index contributed by atoms with van der Waals surface area (Å²) < 4.78 is 5.45. The highest BCUT2D eigenvalue weighted by atomic mass is 35.5. The monoisotopic (exact) mass is 381 g/mol. The first-order chi connectivity index (χ1) is 12.3. The molecule has 1 amide bonds. The molecule has 0 aliphatic carbocycles. The zero-order valence-corrected chi connectivity index (χ0v) is 16.6. The molecule has 7 nitrogen and oxygen atoms in total.